The molecule has 1 aliphatic carbocycles. The normalized spacial score (nSPS) is 30.9. The zero-order chi connectivity index (χ0) is 13.1. The van der Waals surface area contributed by atoms with Gasteiger partial charge in [-0.25, -0.2) is 0 Å². The average molecular weight is 240 g/mol. The number of nitrogens with one attached hydrogen (secondary N) is 1. The summed E-state index contributed by atoms with van der Waals surface area (Å²) in [5.41, 5.74) is 0.365. The van der Waals surface area contributed by atoms with Crippen LogP contribution in [0.25, 0.3) is 0 Å². The maximum absolute atomic E-state index is 3.82. The van der Waals surface area contributed by atoms with Crippen molar-refractivity contribution in [2.45, 2.75) is 53.0 Å². The van der Waals surface area contributed by atoms with Gasteiger partial charge >= 0.3 is 0 Å². The fourth-order valence-electron chi connectivity index (χ4n) is 3.19. The summed E-state index contributed by atoms with van der Waals surface area (Å²) in [5.74, 6) is 1.72. The largest absolute Gasteiger partial charge is 0.313 e. The molecule has 2 heteroatoms. The van der Waals surface area contributed by atoms with Crippen molar-refractivity contribution in [3.8, 4) is 0 Å². The van der Waals surface area contributed by atoms with Crippen molar-refractivity contribution >= 4 is 0 Å². The molecule has 0 bridgehead atoms. The van der Waals surface area contributed by atoms with Crippen LogP contribution in [0, 0.1) is 17.3 Å². The topological polar surface area (TPSA) is 15.3 Å². The van der Waals surface area contributed by atoms with Crippen LogP contribution in [0.3, 0.4) is 0 Å². The fraction of sp³-hybridized carbons (Fsp3) is 1.00. The molecule has 0 aromatic rings. The van der Waals surface area contributed by atoms with Crippen LogP contribution in [0.5, 0.6) is 0 Å². The first-order chi connectivity index (χ1) is 7.82. The molecule has 0 spiro atoms. The van der Waals surface area contributed by atoms with E-state index in [0.717, 1.165) is 31.0 Å². The summed E-state index contributed by atoms with van der Waals surface area (Å²) in [6, 6.07) is 0.736. The second kappa shape index (κ2) is 6.19. The van der Waals surface area contributed by atoms with Gasteiger partial charge in [0.05, 0.1) is 0 Å². The van der Waals surface area contributed by atoms with Gasteiger partial charge in [0, 0.05) is 19.1 Å². The Balaban J connectivity index is 2.38. The van der Waals surface area contributed by atoms with Crippen molar-refractivity contribution in [1.82, 2.24) is 10.2 Å². The lowest BCUT2D eigenvalue weighted by Gasteiger charge is -2.37. The first-order valence-corrected chi connectivity index (χ1v) is 7.20. The second-order valence-corrected chi connectivity index (χ2v) is 7.16. The third-order valence-electron chi connectivity index (χ3n) is 4.29. The predicted molar refractivity (Wildman–Crippen MR) is 76.3 cm³/mol. The van der Waals surface area contributed by atoms with Gasteiger partial charge in [0.2, 0.25) is 0 Å². The predicted octanol–water partition coefficient (Wildman–Crippen LogP) is 2.99. The van der Waals surface area contributed by atoms with Crippen molar-refractivity contribution in [3.63, 3.8) is 0 Å². The summed E-state index contributed by atoms with van der Waals surface area (Å²) >= 11 is 0. The maximum Gasteiger partial charge on any atom is 0.00954 e. The third-order valence-corrected chi connectivity index (χ3v) is 4.29. The molecule has 17 heavy (non-hydrogen) atoms. The molecule has 102 valence electrons. The molecule has 1 fully saturated rings. The van der Waals surface area contributed by atoms with Crippen molar-refractivity contribution < 1.29 is 0 Å². The minimum absolute atomic E-state index is 0.365. The molecule has 1 rings (SSSR count). The van der Waals surface area contributed by atoms with E-state index in [-0.39, 0.29) is 0 Å². The smallest absolute Gasteiger partial charge is 0.00954 e. The first-order valence-electron chi connectivity index (χ1n) is 7.20. The van der Waals surface area contributed by atoms with Crippen LogP contribution >= 0.6 is 0 Å². The monoisotopic (exact) mass is 240 g/mol. The van der Waals surface area contributed by atoms with Crippen LogP contribution in [0.4, 0.5) is 0 Å². The highest BCUT2D eigenvalue weighted by Crippen LogP contribution is 2.30. The van der Waals surface area contributed by atoms with Crippen molar-refractivity contribution in [2.75, 3.05) is 27.2 Å². The van der Waals surface area contributed by atoms with E-state index in [1.165, 1.54) is 19.3 Å². The molecule has 2 nitrogen and oxygen atoms in total. The van der Waals surface area contributed by atoms with Gasteiger partial charge in [-0.1, -0.05) is 40.5 Å². The summed E-state index contributed by atoms with van der Waals surface area (Å²) in [5, 5.41) is 3.82. The Hall–Kier alpha value is -0.0800. The lowest BCUT2D eigenvalue weighted by Crippen LogP contribution is -2.46. The molecule has 0 heterocycles. The van der Waals surface area contributed by atoms with Crippen molar-refractivity contribution in [1.29, 1.82) is 0 Å². The van der Waals surface area contributed by atoms with Gasteiger partial charge in [0.25, 0.3) is 0 Å². The molecule has 0 aliphatic heterocycles. The summed E-state index contributed by atoms with van der Waals surface area (Å²) in [4.78, 5) is 2.29. The van der Waals surface area contributed by atoms with Gasteiger partial charge in [-0.05, 0) is 37.8 Å². The molecule has 0 aromatic heterocycles. The quantitative estimate of drug-likeness (QED) is 0.795. The van der Waals surface area contributed by atoms with E-state index in [2.05, 4.69) is 52.0 Å². The van der Waals surface area contributed by atoms with Gasteiger partial charge in [-0.3, -0.25) is 0 Å². The van der Waals surface area contributed by atoms with Gasteiger partial charge in [-0.2, -0.15) is 0 Å². The number of nitrogens with zero attached hydrogens (tertiary/aromatic N) is 1. The highest BCUT2D eigenvalue weighted by Gasteiger charge is 2.28. The van der Waals surface area contributed by atoms with Crippen LogP contribution in [0.15, 0.2) is 0 Å². The Kier molecular flexibility index (Phi) is 5.46. The number of rotatable bonds is 5. The number of hydrogen-bond acceptors (Lipinski definition) is 2. The molecule has 0 radical (unpaired) electrons. The summed E-state index contributed by atoms with van der Waals surface area (Å²) in [6.45, 7) is 11.8. The fourth-order valence-corrected chi connectivity index (χ4v) is 3.19. The van der Waals surface area contributed by atoms with E-state index < -0.39 is 0 Å². The van der Waals surface area contributed by atoms with E-state index in [9.17, 15) is 0 Å². The molecule has 1 aliphatic rings. The summed E-state index contributed by atoms with van der Waals surface area (Å²) < 4.78 is 0. The molecule has 1 saturated carbocycles. The van der Waals surface area contributed by atoms with Crippen LogP contribution < -0.4 is 5.32 Å². The average Bonchev–Trinajstić information content (AvgIpc) is 2.18. The lowest BCUT2D eigenvalue weighted by atomic mass is 9.77. The van der Waals surface area contributed by atoms with E-state index in [1.54, 1.807) is 0 Å². The van der Waals surface area contributed by atoms with Crippen LogP contribution in [-0.4, -0.2) is 38.1 Å². The summed E-state index contributed by atoms with van der Waals surface area (Å²) in [7, 11) is 4.32. The zero-order valence-electron chi connectivity index (χ0n) is 12.7. The molecule has 0 saturated heterocycles. The van der Waals surface area contributed by atoms with Crippen LogP contribution in [0.2, 0.25) is 0 Å². The van der Waals surface area contributed by atoms with E-state index in [1.807, 2.05) is 0 Å². The molecule has 1 N–H and O–H groups in total. The van der Waals surface area contributed by atoms with Crippen molar-refractivity contribution in [3.05, 3.63) is 0 Å². The Labute approximate surface area is 108 Å². The van der Waals surface area contributed by atoms with Crippen LogP contribution in [0.1, 0.15) is 47.0 Å². The van der Waals surface area contributed by atoms with E-state index in [4.69, 9.17) is 0 Å². The molecule has 0 amide bonds. The van der Waals surface area contributed by atoms with E-state index >= 15 is 0 Å². The minimum atomic E-state index is 0.365. The highest BCUT2D eigenvalue weighted by atomic mass is 15.1. The molecular formula is C15H32N2. The third kappa shape index (κ3) is 4.97. The Morgan fingerprint density at radius 2 is 1.82 bits per heavy atom. The molecular weight excluding hydrogens is 208 g/mol. The Bertz CT molecular complexity index is 223. The first kappa shape index (κ1) is 15.0. The maximum atomic E-state index is 3.82. The number of hydrogen-bond donors (Lipinski definition) is 1. The second-order valence-electron chi connectivity index (χ2n) is 7.16. The van der Waals surface area contributed by atoms with Gasteiger partial charge in [0.1, 0.15) is 0 Å². The van der Waals surface area contributed by atoms with Gasteiger partial charge in [0.15, 0.2) is 0 Å². The molecule has 0 aromatic carbocycles. The van der Waals surface area contributed by atoms with E-state index in [0.29, 0.717) is 5.41 Å². The standard InChI is InChI=1S/C15H32N2/c1-12-8-7-9-14(13(12)2)16-10-15(3,4)11-17(5)6/h12-14,16H,7-11H2,1-6H3. The minimum Gasteiger partial charge on any atom is -0.313 e. The highest BCUT2D eigenvalue weighted by molar-refractivity contribution is 4.84. The Morgan fingerprint density at radius 1 is 1.18 bits per heavy atom. The molecule has 3 unspecified atom stereocenters. The van der Waals surface area contributed by atoms with Crippen LogP contribution in [-0.2, 0) is 0 Å². The Morgan fingerprint density at radius 3 is 2.41 bits per heavy atom. The lowest BCUT2D eigenvalue weighted by molar-refractivity contribution is 0.171. The van der Waals surface area contributed by atoms with Crippen molar-refractivity contribution in [2.24, 2.45) is 17.3 Å². The summed E-state index contributed by atoms with van der Waals surface area (Å²) in [6.07, 6.45) is 4.18. The van der Waals surface area contributed by atoms with Gasteiger partial charge < -0.3 is 10.2 Å². The zero-order valence-corrected chi connectivity index (χ0v) is 12.7. The molecule has 3 atom stereocenters. The van der Waals surface area contributed by atoms with Gasteiger partial charge in [-0.15, -0.1) is 0 Å². The SMILES string of the molecule is CC1CCCC(NCC(C)(C)CN(C)C)C1C.